The smallest absolute Gasteiger partial charge is 0.203 e. The van der Waals surface area contributed by atoms with E-state index >= 15 is 0 Å². The number of halogens is 2. The number of ketones is 1. The monoisotopic (exact) mass is 310 g/mol. The van der Waals surface area contributed by atoms with Crippen LogP contribution in [0.4, 0.5) is 0 Å². The van der Waals surface area contributed by atoms with Gasteiger partial charge in [-0.15, -0.1) is 0 Å². The molecule has 0 aromatic heterocycles. The number of hydrogen-bond donors (Lipinski definition) is 0. The SMILES string of the molecule is COc1ccc(Cl)cc1C(=O)COc1cccc(Cl)c1. The van der Waals surface area contributed by atoms with Crippen molar-refractivity contribution in [2.24, 2.45) is 0 Å². The number of hydrogen-bond acceptors (Lipinski definition) is 3. The van der Waals surface area contributed by atoms with Gasteiger partial charge in [-0.1, -0.05) is 29.3 Å². The number of benzene rings is 2. The zero-order chi connectivity index (χ0) is 14.5. The zero-order valence-electron chi connectivity index (χ0n) is 10.7. The van der Waals surface area contributed by atoms with Crippen molar-refractivity contribution in [1.29, 1.82) is 0 Å². The van der Waals surface area contributed by atoms with Crippen molar-refractivity contribution in [2.75, 3.05) is 13.7 Å². The zero-order valence-corrected chi connectivity index (χ0v) is 12.2. The van der Waals surface area contributed by atoms with E-state index in [1.165, 1.54) is 7.11 Å². The Balaban J connectivity index is 2.10. The summed E-state index contributed by atoms with van der Waals surface area (Å²) in [6, 6.07) is 11.7. The summed E-state index contributed by atoms with van der Waals surface area (Å²) < 4.78 is 10.5. The van der Waals surface area contributed by atoms with Crippen LogP contribution in [0.25, 0.3) is 0 Å². The van der Waals surface area contributed by atoms with Crippen molar-refractivity contribution in [2.45, 2.75) is 0 Å². The van der Waals surface area contributed by atoms with Crippen LogP contribution in [0.2, 0.25) is 10.0 Å². The van der Waals surface area contributed by atoms with E-state index < -0.39 is 0 Å². The average molecular weight is 311 g/mol. The summed E-state index contributed by atoms with van der Waals surface area (Å²) in [5.41, 5.74) is 0.391. The Hall–Kier alpha value is -1.71. The summed E-state index contributed by atoms with van der Waals surface area (Å²) in [7, 11) is 1.50. The van der Waals surface area contributed by atoms with Crippen molar-refractivity contribution in [3.8, 4) is 11.5 Å². The molecule has 2 rings (SSSR count). The number of Topliss-reactive ketones (excluding diaryl/α,β-unsaturated/α-hetero) is 1. The minimum Gasteiger partial charge on any atom is -0.496 e. The fourth-order valence-electron chi connectivity index (χ4n) is 1.68. The van der Waals surface area contributed by atoms with Gasteiger partial charge in [0.25, 0.3) is 0 Å². The summed E-state index contributed by atoms with van der Waals surface area (Å²) in [5.74, 6) is 0.783. The molecule has 0 saturated carbocycles. The Kier molecular flexibility index (Phi) is 4.88. The molecule has 0 aliphatic heterocycles. The van der Waals surface area contributed by atoms with Gasteiger partial charge in [-0.05, 0) is 36.4 Å². The second kappa shape index (κ2) is 6.64. The molecule has 0 amide bonds. The molecule has 2 aromatic rings. The number of rotatable bonds is 5. The Bertz CT molecular complexity index is 626. The van der Waals surface area contributed by atoms with Crippen LogP contribution in [0.15, 0.2) is 42.5 Å². The van der Waals surface area contributed by atoms with E-state index in [2.05, 4.69) is 0 Å². The first-order chi connectivity index (χ1) is 9.60. The molecule has 0 N–H and O–H groups in total. The van der Waals surface area contributed by atoms with Gasteiger partial charge in [-0.2, -0.15) is 0 Å². The van der Waals surface area contributed by atoms with Crippen molar-refractivity contribution in [3.05, 3.63) is 58.1 Å². The Labute approximate surface area is 127 Å². The van der Waals surface area contributed by atoms with Crippen LogP contribution in [-0.2, 0) is 0 Å². The lowest BCUT2D eigenvalue weighted by Crippen LogP contribution is -2.12. The summed E-state index contributed by atoms with van der Waals surface area (Å²) in [4.78, 5) is 12.1. The van der Waals surface area contributed by atoms with E-state index in [0.717, 1.165) is 0 Å². The lowest BCUT2D eigenvalue weighted by molar-refractivity contribution is 0.0918. The molecule has 3 nitrogen and oxygen atoms in total. The van der Waals surface area contributed by atoms with Crippen LogP contribution in [0.3, 0.4) is 0 Å². The fourth-order valence-corrected chi connectivity index (χ4v) is 2.03. The normalized spacial score (nSPS) is 10.2. The second-order valence-corrected chi connectivity index (χ2v) is 4.89. The third-order valence-electron chi connectivity index (χ3n) is 2.63. The molecule has 0 saturated heterocycles. The molecule has 0 spiro atoms. The highest BCUT2D eigenvalue weighted by atomic mass is 35.5. The summed E-state index contributed by atoms with van der Waals surface area (Å²) in [5, 5.41) is 1.02. The van der Waals surface area contributed by atoms with Crippen LogP contribution in [0, 0.1) is 0 Å². The predicted octanol–water partition coefficient (Wildman–Crippen LogP) is 4.26. The van der Waals surface area contributed by atoms with E-state index in [0.29, 0.717) is 27.1 Å². The maximum absolute atomic E-state index is 12.1. The molecule has 0 aliphatic rings. The molecule has 0 fully saturated rings. The Morgan fingerprint density at radius 1 is 1.10 bits per heavy atom. The van der Waals surface area contributed by atoms with E-state index in [4.69, 9.17) is 32.7 Å². The van der Waals surface area contributed by atoms with Crippen LogP contribution >= 0.6 is 23.2 Å². The van der Waals surface area contributed by atoms with Crippen molar-refractivity contribution >= 4 is 29.0 Å². The largest absolute Gasteiger partial charge is 0.496 e. The standard InChI is InChI=1S/C15H12Cl2O3/c1-19-15-6-5-11(17)8-13(15)14(18)9-20-12-4-2-3-10(16)7-12/h2-8H,9H2,1H3. The molecule has 0 unspecified atom stereocenters. The van der Waals surface area contributed by atoms with Crippen molar-refractivity contribution in [3.63, 3.8) is 0 Å². The van der Waals surface area contributed by atoms with Gasteiger partial charge in [-0.3, -0.25) is 4.79 Å². The van der Waals surface area contributed by atoms with Crippen LogP contribution in [0.1, 0.15) is 10.4 Å². The van der Waals surface area contributed by atoms with Gasteiger partial charge in [-0.25, -0.2) is 0 Å². The van der Waals surface area contributed by atoms with E-state index in [-0.39, 0.29) is 12.4 Å². The maximum atomic E-state index is 12.1. The van der Waals surface area contributed by atoms with Crippen molar-refractivity contribution < 1.29 is 14.3 Å². The van der Waals surface area contributed by atoms with Gasteiger partial charge in [0, 0.05) is 10.0 Å². The predicted molar refractivity (Wildman–Crippen MR) is 79.3 cm³/mol. The lowest BCUT2D eigenvalue weighted by atomic mass is 10.1. The van der Waals surface area contributed by atoms with Crippen LogP contribution in [0.5, 0.6) is 11.5 Å². The minimum absolute atomic E-state index is 0.114. The maximum Gasteiger partial charge on any atom is 0.203 e. The number of ether oxygens (including phenoxy) is 2. The molecular weight excluding hydrogens is 299 g/mol. The summed E-state index contributed by atoms with van der Waals surface area (Å²) in [6.07, 6.45) is 0. The van der Waals surface area contributed by atoms with Crippen LogP contribution < -0.4 is 9.47 Å². The molecule has 0 radical (unpaired) electrons. The highest BCUT2D eigenvalue weighted by Gasteiger charge is 2.13. The highest BCUT2D eigenvalue weighted by Crippen LogP contribution is 2.24. The average Bonchev–Trinajstić information content (AvgIpc) is 2.45. The Morgan fingerprint density at radius 3 is 2.55 bits per heavy atom. The Morgan fingerprint density at radius 2 is 1.85 bits per heavy atom. The van der Waals surface area contributed by atoms with E-state index in [1.807, 2.05) is 0 Å². The first-order valence-corrected chi connectivity index (χ1v) is 6.61. The molecular formula is C15H12Cl2O3. The van der Waals surface area contributed by atoms with Gasteiger partial charge in [0.2, 0.25) is 5.78 Å². The third kappa shape index (κ3) is 3.65. The third-order valence-corrected chi connectivity index (χ3v) is 3.10. The van der Waals surface area contributed by atoms with Gasteiger partial charge < -0.3 is 9.47 Å². The summed E-state index contributed by atoms with van der Waals surface area (Å²) in [6.45, 7) is -0.114. The molecule has 0 heterocycles. The minimum atomic E-state index is -0.218. The molecule has 20 heavy (non-hydrogen) atoms. The van der Waals surface area contributed by atoms with Crippen molar-refractivity contribution in [1.82, 2.24) is 0 Å². The number of methoxy groups -OCH3 is 1. The lowest BCUT2D eigenvalue weighted by Gasteiger charge is -2.09. The first kappa shape index (κ1) is 14.7. The van der Waals surface area contributed by atoms with Crippen LogP contribution in [-0.4, -0.2) is 19.5 Å². The molecule has 5 heteroatoms. The summed E-state index contributed by atoms with van der Waals surface area (Å²) >= 11 is 11.7. The van der Waals surface area contributed by atoms with E-state index in [1.54, 1.807) is 42.5 Å². The van der Waals surface area contributed by atoms with Gasteiger partial charge in [0.15, 0.2) is 6.61 Å². The quantitative estimate of drug-likeness (QED) is 0.774. The van der Waals surface area contributed by atoms with Gasteiger partial charge in [0.05, 0.1) is 12.7 Å². The topological polar surface area (TPSA) is 35.5 Å². The molecule has 0 aliphatic carbocycles. The fraction of sp³-hybridized carbons (Fsp3) is 0.133. The first-order valence-electron chi connectivity index (χ1n) is 5.85. The second-order valence-electron chi connectivity index (χ2n) is 4.01. The molecule has 2 aromatic carbocycles. The molecule has 0 atom stereocenters. The van der Waals surface area contributed by atoms with Gasteiger partial charge in [0.1, 0.15) is 11.5 Å². The van der Waals surface area contributed by atoms with Gasteiger partial charge >= 0.3 is 0 Å². The number of carbonyl (C=O) groups excluding carboxylic acids is 1. The molecule has 104 valence electrons. The molecule has 0 bridgehead atoms. The number of carbonyl (C=O) groups is 1. The highest BCUT2D eigenvalue weighted by molar-refractivity contribution is 6.31. The van der Waals surface area contributed by atoms with E-state index in [9.17, 15) is 4.79 Å².